The van der Waals surface area contributed by atoms with Crippen LogP contribution in [0.1, 0.15) is 37.7 Å². The van der Waals surface area contributed by atoms with E-state index in [0.717, 1.165) is 36.3 Å². The van der Waals surface area contributed by atoms with Gasteiger partial charge in [-0.3, -0.25) is 4.79 Å². The summed E-state index contributed by atoms with van der Waals surface area (Å²) in [7, 11) is 0. The van der Waals surface area contributed by atoms with Gasteiger partial charge in [0.2, 0.25) is 0 Å². The van der Waals surface area contributed by atoms with Crippen molar-refractivity contribution in [2.45, 2.75) is 38.1 Å². The summed E-state index contributed by atoms with van der Waals surface area (Å²) in [6.07, 6.45) is 6.15. The van der Waals surface area contributed by atoms with Crippen molar-refractivity contribution in [2.24, 2.45) is 0 Å². The largest absolute Gasteiger partial charge is 0.488 e. The van der Waals surface area contributed by atoms with Crippen molar-refractivity contribution in [3.63, 3.8) is 0 Å². The molecule has 0 aromatic heterocycles. The molecule has 0 saturated heterocycles. The molecule has 0 spiro atoms. The summed E-state index contributed by atoms with van der Waals surface area (Å²) >= 11 is 0. The number of hydrogen-bond acceptors (Lipinski definition) is 2. The summed E-state index contributed by atoms with van der Waals surface area (Å²) in [5.74, 6) is 1.08. The zero-order valence-electron chi connectivity index (χ0n) is 11.6. The van der Waals surface area contributed by atoms with E-state index >= 15 is 0 Å². The van der Waals surface area contributed by atoms with E-state index in [2.05, 4.69) is 4.90 Å². The Hall–Kier alpha value is -1.77. The van der Waals surface area contributed by atoms with Gasteiger partial charge in [0.15, 0.2) is 0 Å². The second kappa shape index (κ2) is 4.65. The molecule has 20 heavy (non-hydrogen) atoms. The highest BCUT2D eigenvalue weighted by atomic mass is 16.5. The molecule has 4 rings (SSSR count). The summed E-state index contributed by atoms with van der Waals surface area (Å²) in [5, 5.41) is 0. The Bertz CT molecular complexity index is 584. The molecule has 3 heteroatoms. The van der Waals surface area contributed by atoms with Crippen molar-refractivity contribution in [3.8, 4) is 5.75 Å². The molecule has 1 aromatic carbocycles. The maximum atomic E-state index is 12.8. The van der Waals surface area contributed by atoms with Crippen molar-refractivity contribution < 1.29 is 9.53 Å². The first-order valence-electron chi connectivity index (χ1n) is 7.60. The fourth-order valence-corrected chi connectivity index (χ4v) is 3.73. The van der Waals surface area contributed by atoms with Crippen LogP contribution < -0.4 is 4.74 Å². The lowest BCUT2D eigenvalue weighted by molar-refractivity contribution is -0.126. The summed E-state index contributed by atoms with van der Waals surface area (Å²) in [6, 6.07) is 8.34. The molecule has 0 radical (unpaired) electrons. The van der Waals surface area contributed by atoms with Crippen LogP contribution in [0.15, 0.2) is 29.8 Å². The van der Waals surface area contributed by atoms with Crippen molar-refractivity contribution >= 4 is 11.5 Å². The van der Waals surface area contributed by atoms with Gasteiger partial charge in [0, 0.05) is 18.2 Å². The number of nitrogens with zero attached hydrogens (tertiary/aromatic N) is 1. The fourth-order valence-electron chi connectivity index (χ4n) is 3.73. The minimum absolute atomic E-state index is 0.225. The van der Waals surface area contributed by atoms with Crippen LogP contribution in [0, 0.1) is 0 Å². The lowest BCUT2D eigenvalue weighted by Gasteiger charge is -2.31. The Balaban J connectivity index is 1.66. The number of amides is 1. The van der Waals surface area contributed by atoms with E-state index in [9.17, 15) is 4.79 Å². The minimum atomic E-state index is 0.225. The number of ether oxygens (including phenoxy) is 1. The maximum absolute atomic E-state index is 12.8. The average molecular weight is 269 g/mol. The molecular weight excluding hydrogens is 250 g/mol. The van der Waals surface area contributed by atoms with Crippen LogP contribution in [0.25, 0.3) is 5.57 Å². The Morgan fingerprint density at radius 1 is 1.10 bits per heavy atom. The molecule has 1 amide bonds. The van der Waals surface area contributed by atoms with E-state index in [4.69, 9.17) is 4.74 Å². The second-order valence-corrected chi connectivity index (χ2v) is 5.99. The molecule has 1 fully saturated rings. The summed E-state index contributed by atoms with van der Waals surface area (Å²) in [5.41, 5.74) is 3.06. The first-order chi connectivity index (χ1) is 9.84. The third kappa shape index (κ3) is 1.76. The zero-order chi connectivity index (χ0) is 13.5. The van der Waals surface area contributed by atoms with Crippen molar-refractivity contribution in [2.75, 3.05) is 13.2 Å². The van der Waals surface area contributed by atoms with Crippen molar-refractivity contribution in [1.29, 1.82) is 0 Å². The highest BCUT2D eigenvalue weighted by Crippen LogP contribution is 2.39. The molecule has 1 aromatic rings. The van der Waals surface area contributed by atoms with Crippen LogP contribution in [0.2, 0.25) is 0 Å². The number of carbonyl (C=O) groups is 1. The van der Waals surface area contributed by atoms with Gasteiger partial charge in [-0.05, 0) is 24.5 Å². The normalized spacial score (nSPS) is 22.6. The first-order valence-corrected chi connectivity index (χ1v) is 7.60. The Morgan fingerprint density at radius 3 is 2.75 bits per heavy atom. The lowest BCUT2D eigenvalue weighted by Crippen LogP contribution is -2.38. The molecular formula is C17H19NO2. The van der Waals surface area contributed by atoms with Gasteiger partial charge in [-0.1, -0.05) is 37.5 Å². The van der Waals surface area contributed by atoms with Gasteiger partial charge in [-0.15, -0.1) is 0 Å². The van der Waals surface area contributed by atoms with Gasteiger partial charge in [0.1, 0.15) is 12.4 Å². The second-order valence-electron chi connectivity index (χ2n) is 5.99. The third-order valence-corrected chi connectivity index (χ3v) is 4.76. The Labute approximate surface area is 119 Å². The fraction of sp³-hybridized carbons (Fsp3) is 0.471. The topological polar surface area (TPSA) is 29.5 Å². The van der Waals surface area contributed by atoms with Gasteiger partial charge < -0.3 is 9.64 Å². The van der Waals surface area contributed by atoms with E-state index in [1.165, 1.54) is 24.8 Å². The number of benzene rings is 1. The van der Waals surface area contributed by atoms with E-state index in [1.54, 1.807) is 0 Å². The number of fused-ring (bicyclic) bond motifs is 2. The van der Waals surface area contributed by atoms with Crippen molar-refractivity contribution in [1.82, 2.24) is 4.90 Å². The summed E-state index contributed by atoms with van der Waals surface area (Å²) in [4.78, 5) is 14.9. The monoisotopic (exact) mass is 269 g/mol. The van der Waals surface area contributed by atoms with Crippen LogP contribution in [-0.4, -0.2) is 30.0 Å². The highest BCUT2D eigenvalue weighted by Gasteiger charge is 2.38. The quantitative estimate of drug-likeness (QED) is 0.784. The number of carbonyl (C=O) groups excluding carboxylic acids is 1. The molecule has 0 unspecified atom stereocenters. The molecule has 0 atom stereocenters. The molecule has 0 bridgehead atoms. The molecule has 0 N–H and O–H groups in total. The minimum Gasteiger partial charge on any atom is -0.488 e. The van der Waals surface area contributed by atoms with E-state index < -0.39 is 0 Å². The average Bonchev–Trinajstić information content (AvgIpc) is 2.86. The van der Waals surface area contributed by atoms with E-state index in [-0.39, 0.29) is 5.91 Å². The lowest BCUT2D eigenvalue weighted by atomic mass is 9.94. The van der Waals surface area contributed by atoms with Crippen molar-refractivity contribution in [3.05, 3.63) is 35.4 Å². The SMILES string of the molecule is O=C1C2=C(COc3ccccc32)CN1C1CCCCC1. The molecule has 2 aliphatic heterocycles. The molecule has 1 aliphatic carbocycles. The van der Waals surface area contributed by atoms with Gasteiger partial charge in [-0.25, -0.2) is 0 Å². The standard InChI is InChI=1S/C17H19NO2/c19-17-16-12(10-18(17)13-6-2-1-3-7-13)11-20-15-9-5-4-8-14(15)16/h4-5,8-9,13H,1-3,6-7,10-11H2. The van der Waals surface area contributed by atoms with Crippen LogP contribution in [0.3, 0.4) is 0 Å². The number of hydrogen-bond donors (Lipinski definition) is 0. The Morgan fingerprint density at radius 2 is 1.90 bits per heavy atom. The molecule has 104 valence electrons. The van der Waals surface area contributed by atoms with Gasteiger partial charge in [-0.2, -0.15) is 0 Å². The molecule has 1 saturated carbocycles. The highest BCUT2D eigenvalue weighted by molar-refractivity contribution is 6.23. The van der Waals surface area contributed by atoms with Crippen LogP contribution >= 0.6 is 0 Å². The van der Waals surface area contributed by atoms with Crippen LogP contribution in [-0.2, 0) is 4.79 Å². The van der Waals surface area contributed by atoms with Gasteiger partial charge in [0.05, 0.1) is 5.57 Å². The molecule has 3 aliphatic rings. The van der Waals surface area contributed by atoms with Gasteiger partial charge in [0.25, 0.3) is 5.91 Å². The summed E-state index contributed by atoms with van der Waals surface area (Å²) < 4.78 is 5.78. The predicted molar refractivity (Wildman–Crippen MR) is 77.4 cm³/mol. The maximum Gasteiger partial charge on any atom is 0.255 e. The Kier molecular flexibility index (Phi) is 2.79. The van der Waals surface area contributed by atoms with Gasteiger partial charge >= 0.3 is 0 Å². The van der Waals surface area contributed by atoms with Crippen LogP contribution in [0.5, 0.6) is 5.75 Å². The number of para-hydroxylation sites is 1. The van der Waals surface area contributed by atoms with E-state index in [1.807, 2.05) is 24.3 Å². The smallest absolute Gasteiger partial charge is 0.255 e. The molecule has 2 heterocycles. The number of rotatable bonds is 1. The zero-order valence-corrected chi connectivity index (χ0v) is 11.6. The first kappa shape index (κ1) is 12.0. The van der Waals surface area contributed by atoms with Crippen LogP contribution in [0.4, 0.5) is 0 Å². The summed E-state index contributed by atoms with van der Waals surface area (Å²) in [6.45, 7) is 1.34. The third-order valence-electron chi connectivity index (χ3n) is 4.76. The van der Waals surface area contributed by atoms with E-state index in [0.29, 0.717) is 12.6 Å². The molecule has 3 nitrogen and oxygen atoms in total. The predicted octanol–water partition coefficient (Wildman–Crippen LogP) is 3.01.